The van der Waals surface area contributed by atoms with Crippen molar-refractivity contribution in [2.24, 2.45) is 34.5 Å². The van der Waals surface area contributed by atoms with E-state index in [4.69, 9.17) is 33.2 Å². The maximum atomic E-state index is 13.8. The number of esters is 2. The lowest BCUT2D eigenvalue weighted by atomic mass is 9.43. The van der Waals surface area contributed by atoms with Gasteiger partial charge < -0.3 is 48.5 Å². The van der Waals surface area contributed by atoms with Gasteiger partial charge in [-0.3, -0.25) is 4.79 Å². The number of ether oxygens (including phenoxy) is 7. The molecule has 5 fully saturated rings. The van der Waals surface area contributed by atoms with Crippen LogP contribution in [0, 0.1) is 34.5 Å². The monoisotopic (exact) mass is 816 g/mol. The SMILES string of the molecule is C/C=C(\C)C(=O)O[C@H]1[C@H]2[C@@H](CC=C3C[C@@H]([C@H]4C[C@@H](OC)[C@H](O[C@@H]5O[C@H](C)[C@@H](O)[C@@H](OC)[C@H]5O)[C@@H](C)O4)CC[C@@]32C)[C@@]2(O)CC[C@H](C(C)=O)[C@@]2(C)[C@@H]1OC(=O)/C(C)=C/C. The largest absolute Gasteiger partial charge is 0.455 e. The first-order chi connectivity index (χ1) is 27.3. The van der Waals surface area contributed by atoms with Crippen molar-refractivity contribution in [2.75, 3.05) is 14.2 Å². The summed E-state index contributed by atoms with van der Waals surface area (Å²) in [5.41, 5.74) is -1.13. The summed E-state index contributed by atoms with van der Waals surface area (Å²) in [7, 11) is 3.07. The molecule has 58 heavy (non-hydrogen) atoms. The number of carbonyl (C=O) groups is 3. The van der Waals surface area contributed by atoms with Gasteiger partial charge in [0.1, 0.15) is 42.4 Å². The molecule has 18 atom stereocenters. The van der Waals surface area contributed by atoms with Gasteiger partial charge in [-0.2, -0.15) is 0 Å². The molecule has 4 aliphatic carbocycles. The van der Waals surface area contributed by atoms with Crippen LogP contribution in [-0.2, 0) is 47.5 Å². The van der Waals surface area contributed by atoms with E-state index < -0.39 is 95.3 Å². The van der Waals surface area contributed by atoms with Gasteiger partial charge in [-0.25, -0.2) is 9.59 Å². The number of rotatable bonds is 10. The minimum Gasteiger partial charge on any atom is -0.455 e. The van der Waals surface area contributed by atoms with Crippen molar-refractivity contribution in [3.05, 3.63) is 34.9 Å². The third-order valence-corrected chi connectivity index (χ3v) is 15.7. The van der Waals surface area contributed by atoms with Crippen LogP contribution >= 0.6 is 0 Å². The predicted octanol–water partition coefficient (Wildman–Crippen LogP) is 4.92. The zero-order valence-corrected chi connectivity index (χ0v) is 36.3. The molecular weight excluding hydrogens is 748 g/mol. The van der Waals surface area contributed by atoms with Gasteiger partial charge in [-0.1, -0.05) is 37.6 Å². The van der Waals surface area contributed by atoms with E-state index in [2.05, 4.69) is 13.0 Å². The van der Waals surface area contributed by atoms with Crippen molar-refractivity contribution in [1.29, 1.82) is 0 Å². The minimum atomic E-state index is -1.37. The van der Waals surface area contributed by atoms with Gasteiger partial charge in [0.2, 0.25) is 0 Å². The van der Waals surface area contributed by atoms with E-state index in [1.165, 1.54) is 19.6 Å². The Morgan fingerprint density at radius 3 is 2.10 bits per heavy atom. The average Bonchev–Trinajstić information content (AvgIpc) is 3.48. The highest BCUT2D eigenvalue weighted by atomic mass is 16.7. The fourth-order valence-electron chi connectivity index (χ4n) is 12.0. The number of ketones is 1. The van der Waals surface area contributed by atoms with Crippen molar-refractivity contribution in [2.45, 2.75) is 180 Å². The summed E-state index contributed by atoms with van der Waals surface area (Å²) in [4.78, 5) is 40.9. The van der Waals surface area contributed by atoms with Crippen molar-refractivity contribution >= 4 is 17.7 Å². The predicted molar refractivity (Wildman–Crippen MR) is 212 cm³/mol. The number of carbonyl (C=O) groups excluding carboxylic acids is 3. The van der Waals surface area contributed by atoms with Crippen LogP contribution in [0.1, 0.15) is 107 Å². The van der Waals surface area contributed by atoms with E-state index in [0.717, 1.165) is 6.42 Å². The van der Waals surface area contributed by atoms with Gasteiger partial charge >= 0.3 is 11.9 Å². The van der Waals surface area contributed by atoms with Crippen molar-refractivity contribution in [1.82, 2.24) is 0 Å². The Balaban J connectivity index is 1.30. The number of aliphatic hydroxyl groups is 3. The van der Waals surface area contributed by atoms with Crippen molar-refractivity contribution < 1.29 is 62.9 Å². The Morgan fingerprint density at radius 1 is 0.845 bits per heavy atom. The van der Waals surface area contributed by atoms with Gasteiger partial charge in [0.25, 0.3) is 0 Å². The van der Waals surface area contributed by atoms with E-state index in [0.29, 0.717) is 49.7 Å². The van der Waals surface area contributed by atoms with Crippen LogP contribution in [0.5, 0.6) is 0 Å². The molecule has 13 heteroatoms. The van der Waals surface area contributed by atoms with Gasteiger partial charge in [0.15, 0.2) is 6.29 Å². The highest BCUT2D eigenvalue weighted by Crippen LogP contribution is 2.69. The second kappa shape index (κ2) is 17.1. The molecule has 0 spiro atoms. The molecule has 3 N–H and O–H groups in total. The molecule has 2 aliphatic heterocycles. The topological polar surface area (TPSA) is 177 Å². The molecule has 0 aromatic rings. The molecule has 326 valence electrons. The minimum absolute atomic E-state index is 0.0900. The highest BCUT2D eigenvalue weighted by molar-refractivity contribution is 5.89. The van der Waals surface area contributed by atoms with Crippen molar-refractivity contribution in [3.63, 3.8) is 0 Å². The first-order valence-corrected chi connectivity index (χ1v) is 21.3. The molecule has 0 aromatic heterocycles. The molecule has 2 heterocycles. The van der Waals surface area contributed by atoms with E-state index >= 15 is 0 Å². The van der Waals surface area contributed by atoms with Gasteiger partial charge in [-0.05, 0) is 104 Å². The van der Waals surface area contributed by atoms with Crippen molar-refractivity contribution in [3.8, 4) is 0 Å². The van der Waals surface area contributed by atoms with E-state index in [1.54, 1.807) is 53.9 Å². The molecular formula is C45H68O13. The highest BCUT2D eigenvalue weighted by Gasteiger charge is 2.75. The van der Waals surface area contributed by atoms with Crippen LogP contribution in [0.2, 0.25) is 0 Å². The van der Waals surface area contributed by atoms with Crippen LogP contribution in [-0.4, -0.2) is 120 Å². The maximum absolute atomic E-state index is 13.8. The number of allylic oxidation sites excluding steroid dienone is 4. The average molecular weight is 817 g/mol. The smallest absolute Gasteiger partial charge is 0.333 e. The van der Waals surface area contributed by atoms with E-state index in [-0.39, 0.29) is 29.8 Å². The number of fused-ring (bicyclic) bond motifs is 5. The quantitative estimate of drug-likeness (QED) is 0.154. The summed E-state index contributed by atoms with van der Waals surface area (Å²) < 4.78 is 43.3. The van der Waals surface area contributed by atoms with Crippen LogP contribution < -0.4 is 0 Å². The van der Waals surface area contributed by atoms with Crippen LogP contribution in [0.25, 0.3) is 0 Å². The van der Waals surface area contributed by atoms with Gasteiger partial charge in [-0.15, -0.1) is 0 Å². The number of methoxy groups -OCH3 is 2. The number of hydrogen-bond acceptors (Lipinski definition) is 13. The normalized spacial score (nSPS) is 46.9. The van der Waals surface area contributed by atoms with Crippen LogP contribution in [0.15, 0.2) is 34.9 Å². The lowest BCUT2D eigenvalue weighted by Gasteiger charge is -2.65. The Bertz CT molecular complexity index is 1660. The summed E-state index contributed by atoms with van der Waals surface area (Å²) >= 11 is 0. The third-order valence-electron chi connectivity index (χ3n) is 15.7. The standard InChI is InChI=1S/C45H68O13/c1-12-22(3)40(49)56-37-33-30(45(51)19-17-29(24(5)46)44(45,9)39(37)58-41(50)23(4)13-2)15-14-28-20-27(16-18-43(28,33)8)31-21-32(52-10)36(26(7)54-31)57-42-35(48)38(53-11)34(47)25(6)55-42/h12-14,25-27,29-39,42,47-48,51H,15-21H2,1-11H3/b22-12+,23-13+/t25-,26-,27+,29-,30-,31-,32-,33-,34-,35-,36-,37+,38-,39-,42+,43+,44+,45+/m1/s1. The summed E-state index contributed by atoms with van der Waals surface area (Å²) in [5, 5.41) is 34.6. The zero-order valence-electron chi connectivity index (χ0n) is 36.3. The summed E-state index contributed by atoms with van der Waals surface area (Å²) in [5.74, 6) is -2.44. The third kappa shape index (κ3) is 7.37. The molecule has 0 unspecified atom stereocenters. The van der Waals surface area contributed by atoms with Gasteiger partial charge in [0, 0.05) is 49.0 Å². The molecule has 0 radical (unpaired) electrons. The summed E-state index contributed by atoms with van der Waals surface area (Å²) in [6.45, 7) is 16.1. The number of hydrogen-bond donors (Lipinski definition) is 3. The lowest BCUT2D eigenvalue weighted by Crippen LogP contribution is -2.72. The molecule has 0 bridgehead atoms. The Hall–Kier alpha value is -2.49. The molecule has 13 nitrogen and oxygen atoms in total. The second-order valence-electron chi connectivity index (χ2n) is 18.4. The molecule has 0 amide bonds. The van der Waals surface area contributed by atoms with Crippen LogP contribution in [0.3, 0.4) is 0 Å². The lowest BCUT2D eigenvalue weighted by molar-refractivity contribution is -0.331. The fraction of sp³-hybridized carbons (Fsp3) is 0.800. The Kier molecular flexibility index (Phi) is 13.3. The summed E-state index contributed by atoms with van der Waals surface area (Å²) in [6, 6.07) is 0. The fourth-order valence-corrected chi connectivity index (χ4v) is 12.0. The number of aliphatic hydroxyl groups excluding tert-OH is 2. The Morgan fingerprint density at radius 2 is 1.50 bits per heavy atom. The number of Topliss-reactive ketones (excluding diaryl/α,β-unsaturated/α-hetero) is 1. The molecule has 6 aliphatic rings. The van der Waals surface area contributed by atoms with E-state index in [9.17, 15) is 29.7 Å². The molecule has 0 aromatic carbocycles. The van der Waals surface area contributed by atoms with Gasteiger partial charge in [0.05, 0.1) is 30.0 Å². The molecule has 2 saturated heterocycles. The summed E-state index contributed by atoms with van der Waals surface area (Å²) in [6.07, 6.45) is 1.33. The first kappa shape index (κ1) is 45.0. The second-order valence-corrected chi connectivity index (χ2v) is 18.4. The molecule has 3 saturated carbocycles. The molecule has 6 rings (SSSR count). The first-order valence-electron chi connectivity index (χ1n) is 21.3. The van der Waals surface area contributed by atoms with E-state index in [1.807, 2.05) is 13.8 Å². The zero-order chi connectivity index (χ0) is 42.6. The Labute approximate surface area is 343 Å². The van der Waals surface area contributed by atoms with Crippen LogP contribution in [0.4, 0.5) is 0 Å². The maximum Gasteiger partial charge on any atom is 0.333 e.